The van der Waals surface area contributed by atoms with Gasteiger partial charge in [0.05, 0.1) is 26.1 Å². The quantitative estimate of drug-likeness (QED) is 0.470. The molecule has 0 saturated carbocycles. The van der Waals surface area contributed by atoms with Crippen LogP contribution in [0.4, 0.5) is 0 Å². The summed E-state index contributed by atoms with van der Waals surface area (Å²) in [6, 6.07) is 10.3. The molecule has 1 aromatic heterocycles. The highest BCUT2D eigenvalue weighted by Crippen LogP contribution is 2.24. The summed E-state index contributed by atoms with van der Waals surface area (Å²) in [5.41, 5.74) is 2.35. The van der Waals surface area contributed by atoms with Crippen LogP contribution in [0.1, 0.15) is 25.0 Å². The second kappa shape index (κ2) is 9.39. The number of likely N-dealkylation sites (tertiary alicyclic amines) is 1. The normalized spacial score (nSPS) is 19.7. The van der Waals surface area contributed by atoms with E-state index in [1.54, 1.807) is 6.20 Å². The number of guanidine groups is 1. The number of nitrogens with one attached hydrogen (secondary N) is 1. The number of carbonyl (C=O) groups is 1. The highest BCUT2D eigenvalue weighted by atomic mass is 16.5. The highest BCUT2D eigenvalue weighted by molar-refractivity contribution is 5.82. The predicted octanol–water partition coefficient (Wildman–Crippen LogP) is 2.14. The summed E-state index contributed by atoms with van der Waals surface area (Å²) >= 11 is 0. The third kappa shape index (κ3) is 4.91. The number of carbonyl (C=O) groups excluding carboxylic acids is 1. The molecule has 1 aromatic carbocycles. The number of aromatic nitrogens is 2. The van der Waals surface area contributed by atoms with Crippen molar-refractivity contribution >= 4 is 11.9 Å². The SMILES string of the molecule is CCNC(=NCc1cccc(Cn2cccn2)c1)N1CC(C)C(C(=O)OC)C1. The Labute approximate surface area is 166 Å². The van der Waals surface area contributed by atoms with E-state index >= 15 is 0 Å². The van der Waals surface area contributed by atoms with Crippen molar-refractivity contribution in [1.82, 2.24) is 20.0 Å². The molecule has 2 unspecified atom stereocenters. The Kier molecular flexibility index (Phi) is 6.68. The number of rotatable bonds is 6. The van der Waals surface area contributed by atoms with Crippen molar-refractivity contribution in [2.75, 3.05) is 26.7 Å². The zero-order valence-corrected chi connectivity index (χ0v) is 16.8. The fourth-order valence-corrected chi connectivity index (χ4v) is 3.60. The Morgan fingerprint density at radius 3 is 2.86 bits per heavy atom. The summed E-state index contributed by atoms with van der Waals surface area (Å²) in [4.78, 5) is 19.0. The first-order valence-electron chi connectivity index (χ1n) is 9.77. The van der Waals surface area contributed by atoms with Crippen LogP contribution < -0.4 is 5.32 Å². The minimum absolute atomic E-state index is 0.105. The fourth-order valence-electron chi connectivity index (χ4n) is 3.60. The van der Waals surface area contributed by atoms with E-state index in [1.807, 2.05) is 16.9 Å². The summed E-state index contributed by atoms with van der Waals surface area (Å²) < 4.78 is 6.85. The smallest absolute Gasteiger partial charge is 0.310 e. The lowest BCUT2D eigenvalue weighted by atomic mass is 9.99. The number of nitrogens with zero attached hydrogens (tertiary/aromatic N) is 4. The Balaban J connectivity index is 1.69. The van der Waals surface area contributed by atoms with E-state index in [0.29, 0.717) is 13.1 Å². The monoisotopic (exact) mass is 383 g/mol. The van der Waals surface area contributed by atoms with Gasteiger partial charge in [0.25, 0.3) is 0 Å². The third-order valence-corrected chi connectivity index (χ3v) is 5.06. The van der Waals surface area contributed by atoms with Crippen molar-refractivity contribution in [3.05, 3.63) is 53.9 Å². The average molecular weight is 383 g/mol. The number of benzene rings is 1. The van der Waals surface area contributed by atoms with Crippen LogP contribution in [-0.4, -0.2) is 53.4 Å². The number of hydrogen-bond donors (Lipinski definition) is 1. The molecule has 0 bridgehead atoms. The van der Waals surface area contributed by atoms with Crippen LogP contribution in [0.3, 0.4) is 0 Å². The molecule has 0 spiro atoms. The van der Waals surface area contributed by atoms with E-state index in [0.717, 1.165) is 31.2 Å². The molecule has 3 rings (SSSR count). The second-order valence-corrected chi connectivity index (χ2v) is 7.21. The number of aliphatic imine (C=N–C) groups is 1. The molecular weight excluding hydrogens is 354 g/mol. The van der Waals surface area contributed by atoms with Crippen LogP contribution in [0.15, 0.2) is 47.7 Å². The lowest BCUT2D eigenvalue weighted by Gasteiger charge is -2.21. The second-order valence-electron chi connectivity index (χ2n) is 7.21. The fraction of sp³-hybridized carbons (Fsp3) is 0.476. The first kappa shape index (κ1) is 19.9. The summed E-state index contributed by atoms with van der Waals surface area (Å²) in [6.07, 6.45) is 3.75. The Bertz CT molecular complexity index is 803. The van der Waals surface area contributed by atoms with E-state index in [1.165, 1.54) is 12.7 Å². The largest absolute Gasteiger partial charge is 0.469 e. The summed E-state index contributed by atoms with van der Waals surface area (Å²) in [5, 5.41) is 7.62. The van der Waals surface area contributed by atoms with Crippen molar-refractivity contribution in [3.8, 4) is 0 Å². The number of hydrogen-bond acceptors (Lipinski definition) is 4. The van der Waals surface area contributed by atoms with Gasteiger partial charge in [0, 0.05) is 32.0 Å². The number of methoxy groups -OCH3 is 1. The van der Waals surface area contributed by atoms with Gasteiger partial charge in [0.2, 0.25) is 0 Å². The molecule has 1 aliphatic rings. The highest BCUT2D eigenvalue weighted by Gasteiger charge is 2.36. The Morgan fingerprint density at radius 2 is 2.14 bits per heavy atom. The minimum atomic E-state index is -0.142. The summed E-state index contributed by atoms with van der Waals surface area (Å²) in [6.45, 7) is 7.69. The molecule has 0 radical (unpaired) electrons. The van der Waals surface area contributed by atoms with Crippen LogP contribution in [0, 0.1) is 11.8 Å². The molecule has 1 N–H and O–H groups in total. The minimum Gasteiger partial charge on any atom is -0.469 e. The van der Waals surface area contributed by atoms with E-state index in [2.05, 4.69) is 53.4 Å². The van der Waals surface area contributed by atoms with Gasteiger partial charge in [-0.2, -0.15) is 5.10 Å². The van der Waals surface area contributed by atoms with Crippen LogP contribution in [-0.2, 0) is 22.6 Å². The molecule has 28 heavy (non-hydrogen) atoms. The molecular formula is C21H29N5O2. The number of ether oxygens (including phenoxy) is 1. The Morgan fingerprint density at radius 1 is 1.32 bits per heavy atom. The van der Waals surface area contributed by atoms with E-state index in [4.69, 9.17) is 9.73 Å². The van der Waals surface area contributed by atoms with Gasteiger partial charge in [-0.05, 0) is 30.0 Å². The van der Waals surface area contributed by atoms with Gasteiger partial charge in [-0.15, -0.1) is 0 Å². The third-order valence-electron chi connectivity index (χ3n) is 5.06. The molecule has 150 valence electrons. The average Bonchev–Trinajstić information content (AvgIpc) is 3.34. The van der Waals surface area contributed by atoms with Crippen molar-refractivity contribution in [3.63, 3.8) is 0 Å². The van der Waals surface area contributed by atoms with Crippen molar-refractivity contribution in [2.24, 2.45) is 16.8 Å². The van der Waals surface area contributed by atoms with Crippen LogP contribution in [0.25, 0.3) is 0 Å². The molecule has 2 atom stereocenters. The topological polar surface area (TPSA) is 71.8 Å². The lowest BCUT2D eigenvalue weighted by Crippen LogP contribution is -2.40. The van der Waals surface area contributed by atoms with Crippen LogP contribution in [0.5, 0.6) is 0 Å². The van der Waals surface area contributed by atoms with Gasteiger partial charge in [-0.3, -0.25) is 9.48 Å². The van der Waals surface area contributed by atoms with Crippen molar-refractivity contribution in [1.29, 1.82) is 0 Å². The molecule has 1 saturated heterocycles. The van der Waals surface area contributed by atoms with Gasteiger partial charge in [0.1, 0.15) is 0 Å². The molecule has 0 amide bonds. The molecule has 7 nitrogen and oxygen atoms in total. The van der Waals surface area contributed by atoms with Gasteiger partial charge < -0.3 is 15.0 Å². The van der Waals surface area contributed by atoms with Crippen LogP contribution >= 0.6 is 0 Å². The first-order chi connectivity index (χ1) is 13.6. The number of esters is 1. The summed E-state index contributed by atoms with van der Waals surface area (Å²) in [5.74, 6) is 0.843. The van der Waals surface area contributed by atoms with Gasteiger partial charge in [-0.1, -0.05) is 31.2 Å². The van der Waals surface area contributed by atoms with Gasteiger partial charge >= 0.3 is 5.97 Å². The zero-order chi connectivity index (χ0) is 19.9. The van der Waals surface area contributed by atoms with E-state index < -0.39 is 0 Å². The molecule has 1 fully saturated rings. The summed E-state index contributed by atoms with van der Waals surface area (Å²) in [7, 11) is 1.45. The maximum atomic E-state index is 12.0. The lowest BCUT2D eigenvalue weighted by molar-refractivity contribution is -0.145. The first-order valence-corrected chi connectivity index (χ1v) is 9.77. The predicted molar refractivity (Wildman–Crippen MR) is 109 cm³/mol. The maximum Gasteiger partial charge on any atom is 0.310 e. The maximum absolute atomic E-state index is 12.0. The molecule has 2 aromatic rings. The van der Waals surface area contributed by atoms with Crippen LogP contribution in [0.2, 0.25) is 0 Å². The van der Waals surface area contributed by atoms with Crippen molar-refractivity contribution < 1.29 is 9.53 Å². The standard InChI is InChI=1S/C21H29N5O2/c1-4-22-21(25-13-16(2)19(15-25)20(27)28-3)23-12-17-7-5-8-18(11-17)14-26-10-6-9-24-26/h5-11,16,19H,4,12-15H2,1-3H3,(H,22,23). The van der Waals surface area contributed by atoms with Gasteiger partial charge in [-0.25, -0.2) is 4.99 Å². The van der Waals surface area contributed by atoms with Gasteiger partial charge in [0.15, 0.2) is 5.96 Å². The van der Waals surface area contributed by atoms with E-state index in [9.17, 15) is 4.79 Å². The molecule has 2 heterocycles. The van der Waals surface area contributed by atoms with Crippen molar-refractivity contribution in [2.45, 2.75) is 26.9 Å². The molecule has 0 aliphatic carbocycles. The zero-order valence-electron chi connectivity index (χ0n) is 16.8. The molecule has 1 aliphatic heterocycles. The Hall–Kier alpha value is -2.83. The molecule has 7 heteroatoms. The van der Waals surface area contributed by atoms with E-state index in [-0.39, 0.29) is 17.8 Å².